The van der Waals surface area contributed by atoms with Crippen molar-refractivity contribution in [3.8, 4) is 22.6 Å². The van der Waals surface area contributed by atoms with Gasteiger partial charge in [0.15, 0.2) is 0 Å². The van der Waals surface area contributed by atoms with Gasteiger partial charge in [-0.15, -0.1) is 0 Å². The van der Waals surface area contributed by atoms with Crippen LogP contribution in [0.5, 0.6) is 11.5 Å². The smallest absolute Gasteiger partial charge is 0.255 e. The molecule has 0 spiro atoms. The summed E-state index contributed by atoms with van der Waals surface area (Å²) in [5, 5.41) is 64.9. The van der Waals surface area contributed by atoms with Crippen LogP contribution in [0.2, 0.25) is 0 Å². The first-order valence-corrected chi connectivity index (χ1v) is 17.1. The van der Waals surface area contributed by atoms with Gasteiger partial charge in [-0.25, -0.2) is 0 Å². The molecule has 6 rings (SSSR count). The van der Waals surface area contributed by atoms with Crippen molar-refractivity contribution in [2.75, 3.05) is 23.8 Å². The van der Waals surface area contributed by atoms with E-state index in [1.54, 1.807) is 97.1 Å². The van der Waals surface area contributed by atoms with Gasteiger partial charge in [-0.2, -0.15) is 0 Å². The maximum absolute atomic E-state index is 13.1. The van der Waals surface area contributed by atoms with Crippen molar-refractivity contribution in [1.29, 1.82) is 0 Å². The van der Waals surface area contributed by atoms with Gasteiger partial charge in [0.05, 0.1) is 25.3 Å². The third-order valence-corrected chi connectivity index (χ3v) is 9.17. The number of anilines is 2. The number of aliphatic hydroxyl groups excluding tert-OH is 6. The van der Waals surface area contributed by atoms with Crippen molar-refractivity contribution in [2.45, 2.75) is 61.3 Å². The number of carbonyl (C=O) groups excluding carboxylic acids is 2. The van der Waals surface area contributed by atoms with Crippen molar-refractivity contribution in [3.63, 3.8) is 0 Å². The molecule has 0 bridgehead atoms. The van der Waals surface area contributed by atoms with E-state index in [1.165, 1.54) is 0 Å². The molecular weight excluding hydrogens is 704 g/mol. The first-order valence-electron chi connectivity index (χ1n) is 17.1. The largest absolute Gasteiger partial charge is 0.463 e. The van der Waals surface area contributed by atoms with Crippen LogP contribution in [0, 0.1) is 0 Å². The van der Waals surface area contributed by atoms with Crippen molar-refractivity contribution < 1.29 is 59.2 Å². The van der Waals surface area contributed by atoms with Crippen LogP contribution in [0.3, 0.4) is 0 Å². The van der Waals surface area contributed by atoms with Gasteiger partial charge in [0, 0.05) is 34.6 Å². The molecule has 4 aromatic carbocycles. The predicted octanol–water partition coefficient (Wildman–Crippen LogP) is 0.148. The van der Waals surface area contributed by atoms with Crippen molar-refractivity contribution >= 4 is 23.2 Å². The van der Waals surface area contributed by atoms with Gasteiger partial charge in [-0.3, -0.25) is 9.59 Å². The summed E-state index contributed by atoms with van der Waals surface area (Å²) in [6, 6.07) is 24.5. The van der Waals surface area contributed by atoms with E-state index >= 15 is 0 Å². The number of nitrogens with one attached hydrogen (secondary N) is 2. The Bertz CT molecular complexity index is 1760. The Hall–Kier alpha value is -4.98. The van der Waals surface area contributed by atoms with Gasteiger partial charge in [-0.1, -0.05) is 36.4 Å². The molecule has 2 aliphatic rings. The Morgan fingerprint density at radius 3 is 1.30 bits per heavy atom. The fourth-order valence-corrected chi connectivity index (χ4v) is 6.02. The number of hydrogen-bond donors (Lipinski definition) is 10. The lowest BCUT2D eigenvalue weighted by Gasteiger charge is -2.40. The van der Waals surface area contributed by atoms with Crippen molar-refractivity contribution in [1.82, 2.24) is 0 Å². The fraction of sp³-hybridized carbons (Fsp3) is 0.316. The highest BCUT2D eigenvalue weighted by atomic mass is 16.7. The number of aliphatic hydroxyl groups is 6. The summed E-state index contributed by atoms with van der Waals surface area (Å²) in [5.74, 6) is -0.214. The van der Waals surface area contributed by atoms with Gasteiger partial charge >= 0.3 is 0 Å². The molecule has 54 heavy (non-hydrogen) atoms. The summed E-state index contributed by atoms with van der Waals surface area (Å²) in [6.45, 7) is -1.08. The molecule has 0 aromatic heterocycles. The maximum Gasteiger partial charge on any atom is 0.255 e. The van der Waals surface area contributed by atoms with E-state index in [1.807, 2.05) is 0 Å². The minimum absolute atomic E-state index is 0.278. The number of benzene rings is 4. The van der Waals surface area contributed by atoms with E-state index in [0.717, 1.165) is 11.1 Å². The van der Waals surface area contributed by atoms with Crippen LogP contribution in [0.1, 0.15) is 20.7 Å². The standard InChI is InChI=1S/C38H42N4O12/c39-29-33(47)31(45)27(17-43)53-37(29)51-25-5-1-3-23(15-25)41-35(49)21-11-7-19(8-12-21)20-9-13-22(14-10-20)36(50)42-24-4-2-6-26(16-24)52-38-30(40)34(48)32(46)28(18-44)54-38/h1-16,27-34,37-38,43-48H,17-18,39-40H2,(H,41,49)(H,42,50)/t27-,28-,29-,30-,31-,32-,33-,34-,37-,38-/m1/s1. The quantitative estimate of drug-likeness (QED) is 0.0980. The van der Waals surface area contributed by atoms with Crippen LogP contribution < -0.4 is 31.6 Å². The Kier molecular flexibility index (Phi) is 12.2. The summed E-state index contributed by atoms with van der Waals surface area (Å²) >= 11 is 0. The van der Waals surface area contributed by atoms with Gasteiger partial charge < -0.3 is 71.7 Å². The predicted molar refractivity (Wildman–Crippen MR) is 193 cm³/mol. The van der Waals surface area contributed by atoms with Crippen LogP contribution in [-0.2, 0) is 9.47 Å². The Morgan fingerprint density at radius 1 is 0.574 bits per heavy atom. The van der Waals surface area contributed by atoms with Crippen molar-refractivity contribution in [2.24, 2.45) is 11.5 Å². The molecule has 286 valence electrons. The maximum atomic E-state index is 13.1. The number of carbonyl (C=O) groups is 2. The zero-order valence-electron chi connectivity index (χ0n) is 28.7. The third-order valence-electron chi connectivity index (χ3n) is 9.17. The molecule has 12 N–H and O–H groups in total. The molecule has 16 heteroatoms. The summed E-state index contributed by atoms with van der Waals surface area (Å²) in [7, 11) is 0. The highest BCUT2D eigenvalue weighted by molar-refractivity contribution is 6.05. The lowest BCUT2D eigenvalue weighted by atomic mass is 9.98. The first kappa shape index (κ1) is 38.7. The van der Waals surface area contributed by atoms with Crippen LogP contribution in [0.15, 0.2) is 97.1 Å². The molecule has 0 saturated carbocycles. The first-order chi connectivity index (χ1) is 25.9. The number of ether oxygens (including phenoxy) is 4. The van der Waals surface area contributed by atoms with E-state index in [-0.39, 0.29) is 23.3 Å². The molecular formula is C38H42N4O12. The Balaban J connectivity index is 1.03. The molecule has 2 heterocycles. The van der Waals surface area contributed by atoms with Crippen LogP contribution in [0.25, 0.3) is 11.1 Å². The summed E-state index contributed by atoms with van der Waals surface area (Å²) in [5.41, 5.74) is 15.1. The summed E-state index contributed by atoms with van der Waals surface area (Å²) < 4.78 is 22.6. The minimum atomic E-state index is -1.37. The highest BCUT2D eigenvalue weighted by Crippen LogP contribution is 2.28. The number of amides is 2. The number of hydrogen-bond acceptors (Lipinski definition) is 14. The minimum Gasteiger partial charge on any atom is -0.463 e. The molecule has 2 fully saturated rings. The average Bonchev–Trinajstić information content (AvgIpc) is 3.18. The Labute approximate surface area is 309 Å². The van der Waals surface area contributed by atoms with Gasteiger partial charge in [0.25, 0.3) is 11.8 Å². The van der Waals surface area contributed by atoms with Crippen LogP contribution in [-0.4, -0.2) is 117 Å². The second-order valence-electron chi connectivity index (χ2n) is 12.9. The third kappa shape index (κ3) is 8.69. The lowest BCUT2D eigenvalue weighted by Crippen LogP contribution is -2.63. The molecule has 0 unspecified atom stereocenters. The summed E-state index contributed by atoms with van der Waals surface area (Å²) in [4.78, 5) is 26.1. The number of nitrogens with two attached hydrogens (primary N) is 2. The molecule has 0 radical (unpaired) electrons. The van der Waals surface area contributed by atoms with E-state index in [0.29, 0.717) is 22.5 Å². The highest BCUT2D eigenvalue weighted by Gasteiger charge is 2.44. The molecule has 2 aliphatic heterocycles. The summed E-state index contributed by atoms with van der Waals surface area (Å²) in [6.07, 6.45) is -9.94. The SMILES string of the molecule is N[C@H]1[C@H](Oc2cccc(NC(=O)c3ccc(-c4ccc(C(=O)Nc5cccc(O[C@@H]6O[C@H](CO)[C@@H](O)[C@H](O)[C@H]6N)c5)cc4)cc3)c2)O[C@H](CO)[C@@H](O)[C@@H]1O. The van der Waals surface area contributed by atoms with E-state index in [9.17, 15) is 40.2 Å². The second-order valence-corrected chi connectivity index (χ2v) is 12.9. The zero-order chi connectivity index (χ0) is 38.5. The monoisotopic (exact) mass is 746 g/mol. The molecule has 4 aromatic rings. The topological polar surface area (TPSA) is 269 Å². The van der Waals surface area contributed by atoms with Crippen molar-refractivity contribution in [3.05, 3.63) is 108 Å². The Morgan fingerprint density at radius 2 is 0.944 bits per heavy atom. The van der Waals surface area contributed by atoms with E-state index in [2.05, 4.69) is 10.6 Å². The number of rotatable bonds is 11. The molecule has 16 nitrogen and oxygen atoms in total. The van der Waals surface area contributed by atoms with Gasteiger partial charge in [0.2, 0.25) is 12.6 Å². The van der Waals surface area contributed by atoms with Crippen LogP contribution >= 0.6 is 0 Å². The lowest BCUT2D eigenvalue weighted by molar-refractivity contribution is -0.239. The fourth-order valence-electron chi connectivity index (χ4n) is 6.02. The van der Waals surface area contributed by atoms with Gasteiger partial charge in [-0.05, 0) is 59.7 Å². The van der Waals surface area contributed by atoms with Crippen LogP contribution in [0.4, 0.5) is 11.4 Å². The van der Waals surface area contributed by atoms with E-state index < -0.39 is 74.5 Å². The molecule has 10 atom stereocenters. The second kappa shape index (κ2) is 17.0. The normalized spacial score (nSPS) is 28.1. The molecule has 2 saturated heterocycles. The molecule has 2 amide bonds. The average molecular weight is 747 g/mol. The molecule has 0 aliphatic carbocycles. The van der Waals surface area contributed by atoms with Gasteiger partial charge in [0.1, 0.15) is 48.1 Å². The zero-order valence-corrected chi connectivity index (χ0v) is 28.7. The van der Waals surface area contributed by atoms with E-state index in [4.69, 9.17) is 30.4 Å².